The van der Waals surface area contributed by atoms with Crippen molar-refractivity contribution < 1.29 is 9.90 Å². The Hall–Kier alpha value is -0.610. The second-order valence-electron chi connectivity index (χ2n) is 6.14. The molecule has 1 amide bonds. The molecule has 0 aliphatic carbocycles. The molecule has 4 nitrogen and oxygen atoms in total. The number of nitrogens with zero attached hydrogens (tertiary/aromatic N) is 1. The lowest BCUT2D eigenvalue weighted by molar-refractivity contribution is -0.127. The molecule has 4 heteroatoms. The summed E-state index contributed by atoms with van der Waals surface area (Å²) in [5.41, 5.74) is -1.01. The highest BCUT2D eigenvalue weighted by molar-refractivity contribution is 5.81. The van der Waals surface area contributed by atoms with Crippen molar-refractivity contribution in [2.24, 2.45) is 0 Å². The molecule has 1 unspecified atom stereocenters. The van der Waals surface area contributed by atoms with Gasteiger partial charge in [-0.2, -0.15) is 0 Å². The maximum absolute atomic E-state index is 11.9. The van der Waals surface area contributed by atoms with Crippen LogP contribution in [0.5, 0.6) is 0 Å². The summed E-state index contributed by atoms with van der Waals surface area (Å²) in [6, 6.07) is -0.245. The molecule has 0 fully saturated rings. The van der Waals surface area contributed by atoms with E-state index in [4.69, 9.17) is 0 Å². The minimum atomic E-state index is -0.787. The van der Waals surface area contributed by atoms with E-state index in [1.165, 1.54) is 0 Å². The van der Waals surface area contributed by atoms with Crippen LogP contribution in [-0.2, 0) is 4.79 Å². The molecule has 2 N–H and O–H groups in total. The highest BCUT2D eigenvalue weighted by Crippen LogP contribution is 2.08. The topological polar surface area (TPSA) is 52.6 Å². The lowest BCUT2D eigenvalue weighted by Crippen LogP contribution is -2.52. The highest BCUT2D eigenvalue weighted by Gasteiger charge is 2.25. The molecule has 0 aromatic carbocycles. The molecule has 0 bridgehead atoms. The number of rotatable bonds is 4. The second-order valence-corrected chi connectivity index (χ2v) is 6.14. The molecule has 0 aliphatic rings. The van der Waals surface area contributed by atoms with Crippen molar-refractivity contribution >= 4 is 5.91 Å². The number of amides is 1. The fraction of sp³-hybridized carbons (Fsp3) is 0.917. The number of nitrogens with one attached hydrogen (secondary N) is 1. The van der Waals surface area contributed by atoms with Gasteiger partial charge in [0, 0.05) is 12.1 Å². The zero-order valence-corrected chi connectivity index (χ0v) is 11.6. The fourth-order valence-corrected chi connectivity index (χ4v) is 1.42. The number of aliphatic hydroxyl groups is 1. The molecule has 0 radical (unpaired) electrons. The van der Waals surface area contributed by atoms with E-state index in [-0.39, 0.29) is 17.5 Å². The Labute approximate surface area is 99.0 Å². The highest BCUT2D eigenvalue weighted by atomic mass is 16.3. The van der Waals surface area contributed by atoms with Crippen LogP contribution in [0.15, 0.2) is 0 Å². The lowest BCUT2D eigenvalue weighted by atomic mass is 10.1. The van der Waals surface area contributed by atoms with Crippen LogP contribution in [-0.4, -0.2) is 46.7 Å². The van der Waals surface area contributed by atoms with Crippen molar-refractivity contribution in [1.82, 2.24) is 10.2 Å². The number of hydrogen-bond donors (Lipinski definition) is 2. The Morgan fingerprint density at radius 2 is 1.75 bits per heavy atom. The molecule has 0 saturated heterocycles. The van der Waals surface area contributed by atoms with Gasteiger partial charge in [0.2, 0.25) is 5.91 Å². The molecule has 1 atom stereocenters. The first-order valence-corrected chi connectivity index (χ1v) is 5.67. The number of carbonyl (C=O) groups is 1. The van der Waals surface area contributed by atoms with E-state index in [9.17, 15) is 9.90 Å². The molecule has 0 rings (SSSR count). The van der Waals surface area contributed by atoms with Gasteiger partial charge in [0.1, 0.15) is 0 Å². The smallest absolute Gasteiger partial charge is 0.237 e. The Morgan fingerprint density at radius 3 is 2.06 bits per heavy atom. The van der Waals surface area contributed by atoms with Gasteiger partial charge >= 0.3 is 0 Å². The van der Waals surface area contributed by atoms with Crippen molar-refractivity contribution in [3.63, 3.8) is 0 Å². The van der Waals surface area contributed by atoms with Crippen LogP contribution in [0.4, 0.5) is 0 Å². The van der Waals surface area contributed by atoms with Gasteiger partial charge in [0.05, 0.1) is 11.6 Å². The third kappa shape index (κ3) is 6.80. The van der Waals surface area contributed by atoms with Gasteiger partial charge < -0.3 is 10.4 Å². The quantitative estimate of drug-likeness (QED) is 0.757. The number of likely N-dealkylation sites (N-methyl/N-ethyl adjacent to an activating group) is 1. The summed E-state index contributed by atoms with van der Waals surface area (Å²) in [5, 5.41) is 12.6. The van der Waals surface area contributed by atoms with Crippen LogP contribution in [0.3, 0.4) is 0 Å². The van der Waals surface area contributed by atoms with Crippen LogP contribution in [0.1, 0.15) is 41.5 Å². The molecule has 0 saturated carbocycles. The van der Waals surface area contributed by atoms with E-state index >= 15 is 0 Å². The van der Waals surface area contributed by atoms with E-state index in [1.54, 1.807) is 13.8 Å². The van der Waals surface area contributed by atoms with Crippen LogP contribution in [0.2, 0.25) is 0 Å². The van der Waals surface area contributed by atoms with Gasteiger partial charge in [-0.3, -0.25) is 9.69 Å². The third-order valence-corrected chi connectivity index (χ3v) is 2.18. The average molecular weight is 230 g/mol. The fourth-order valence-electron chi connectivity index (χ4n) is 1.42. The first-order valence-electron chi connectivity index (χ1n) is 5.67. The first kappa shape index (κ1) is 15.4. The zero-order valence-electron chi connectivity index (χ0n) is 11.6. The second kappa shape index (κ2) is 5.15. The van der Waals surface area contributed by atoms with Crippen LogP contribution >= 0.6 is 0 Å². The van der Waals surface area contributed by atoms with Gasteiger partial charge in [0.15, 0.2) is 0 Å². The van der Waals surface area contributed by atoms with E-state index < -0.39 is 5.60 Å². The average Bonchev–Trinajstić information content (AvgIpc) is 1.96. The summed E-state index contributed by atoms with van der Waals surface area (Å²) in [6.45, 7) is 11.6. The molecule has 0 aromatic heterocycles. The van der Waals surface area contributed by atoms with Crippen molar-refractivity contribution in [3.8, 4) is 0 Å². The first-order chi connectivity index (χ1) is 6.92. The van der Waals surface area contributed by atoms with Gasteiger partial charge in [-0.15, -0.1) is 0 Å². The van der Waals surface area contributed by atoms with Gasteiger partial charge in [-0.1, -0.05) is 0 Å². The summed E-state index contributed by atoms with van der Waals surface area (Å²) in [5.74, 6) is -0.0146. The molecule has 0 aromatic rings. The molecule has 16 heavy (non-hydrogen) atoms. The van der Waals surface area contributed by atoms with Crippen molar-refractivity contribution in [3.05, 3.63) is 0 Å². The summed E-state index contributed by atoms with van der Waals surface area (Å²) >= 11 is 0. The summed E-state index contributed by atoms with van der Waals surface area (Å²) in [6.07, 6.45) is 0. The molecule has 96 valence electrons. The van der Waals surface area contributed by atoms with E-state index in [0.717, 1.165) is 0 Å². The van der Waals surface area contributed by atoms with E-state index in [0.29, 0.717) is 6.54 Å². The standard InChI is InChI=1S/C12H26N2O2/c1-9(10(15)13-11(2,3)4)14(7)8-12(5,6)16/h9,16H,8H2,1-7H3,(H,13,15). The molecular weight excluding hydrogens is 204 g/mol. The summed E-state index contributed by atoms with van der Waals surface area (Å²) in [4.78, 5) is 13.7. The maximum Gasteiger partial charge on any atom is 0.237 e. The number of hydrogen-bond acceptors (Lipinski definition) is 3. The van der Waals surface area contributed by atoms with Crippen molar-refractivity contribution in [2.75, 3.05) is 13.6 Å². The minimum absolute atomic E-state index is 0.0146. The minimum Gasteiger partial charge on any atom is -0.389 e. The monoisotopic (exact) mass is 230 g/mol. The predicted molar refractivity (Wildman–Crippen MR) is 66.3 cm³/mol. The molecule has 0 heterocycles. The van der Waals surface area contributed by atoms with E-state index in [1.807, 2.05) is 39.6 Å². The van der Waals surface area contributed by atoms with Crippen LogP contribution < -0.4 is 5.32 Å². The van der Waals surface area contributed by atoms with Crippen LogP contribution in [0.25, 0.3) is 0 Å². The van der Waals surface area contributed by atoms with Crippen molar-refractivity contribution in [1.29, 1.82) is 0 Å². The van der Waals surface area contributed by atoms with Gasteiger partial charge in [0.25, 0.3) is 0 Å². The van der Waals surface area contributed by atoms with Gasteiger partial charge in [-0.05, 0) is 48.6 Å². The maximum atomic E-state index is 11.9. The third-order valence-electron chi connectivity index (χ3n) is 2.18. The molecule has 0 aliphatic heterocycles. The van der Waals surface area contributed by atoms with E-state index in [2.05, 4.69) is 5.32 Å². The SMILES string of the molecule is CC(C(=O)NC(C)(C)C)N(C)CC(C)(C)O. The number of carbonyl (C=O) groups excluding carboxylic acids is 1. The predicted octanol–water partition coefficient (Wildman–Crippen LogP) is 0.992. The molecule has 0 spiro atoms. The summed E-state index contributed by atoms with van der Waals surface area (Å²) < 4.78 is 0. The zero-order chi connectivity index (χ0) is 13.1. The molecular formula is C12H26N2O2. The Morgan fingerprint density at radius 1 is 1.31 bits per heavy atom. The Balaban J connectivity index is 4.34. The normalized spacial score (nSPS) is 15.1. The van der Waals surface area contributed by atoms with Crippen molar-refractivity contribution in [2.45, 2.75) is 58.7 Å². The largest absolute Gasteiger partial charge is 0.389 e. The summed E-state index contributed by atoms with van der Waals surface area (Å²) in [7, 11) is 1.84. The lowest BCUT2D eigenvalue weighted by Gasteiger charge is -2.31. The Kier molecular flexibility index (Phi) is 4.95. The van der Waals surface area contributed by atoms with Crippen LogP contribution in [0, 0.1) is 0 Å². The Bertz CT molecular complexity index is 238. The van der Waals surface area contributed by atoms with Gasteiger partial charge in [-0.25, -0.2) is 0 Å².